The fourth-order valence-electron chi connectivity index (χ4n) is 3.85. The van der Waals surface area contributed by atoms with Crippen LogP contribution in [-0.2, 0) is 4.79 Å². The molecular weight excluding hydrogens is 368 g/mol. The average Bonchev–Trinajstić information content (AvgIpc) is 2.74. The molecule has 0 heterocycles. The van der Waals surface area contributed by atoms with Crippen LogP contribution in [0.25, 0.3) is 0 Å². The first-order valence-electron chi connectivity index (χ1n) is 13.9. The highest BCUT2D eigenvalue weighted by Gasteiger charge is 1.97. The van der Waals surface area contributed by atoms with Crippen LogP contribution in [0.5, 0.6) is 0 Å². The normalized spacial score (nSPS) is 10.6. The Balaban J connectivity index is 0. The van der Waals surface area contributed by atoms with Crippen molar-refractivity contribution in [3.8, 4) is 0 Å². The number of rotatable bonds is 23. The van der Waals surface area contributed by atoms with Crippen molar-refractivity contribution >= 4 is 5.97 Å². The van der Waals surface area contributed by atoms with Crippen LogP contribution in [-0.4, -0.2) is 11.1 Å². The number of unbranched alkanes of at least 4 members (excludes halogenated alkanes) is 21. The molecule has 0 radical (unpaired) electrons. The van der Waals surface area contributed by atoms with Gasteiger partial charge in [-0.15, -0.1) is 0 Å². The Morgan fingerprint density at radius 3 is 0.800 bits per heavy atom. The lowest BCUT2D eigenvalue weighted by atomic mass is 10.0. The zero-order valence-electron chi connectivity index (χ0n) is 21.3. The summed E-state index contributed by atoms with van der Waals surface area (Å²) in [6.07, 6.45) is 31.7. The molecule has 30 heavy (non-hydrogen) atoms. The van der Waals surface area contributed by atoms with Crippen LogP contribution in [0, 0.1) is 0 Å². The van der Waals surface area contributed by atoms with Gasteiger partial charge in [-0.3, -0.25) is 4.79 Å². The first-order valence-corrected chi connectivity index (χ1v) is 13.9. The lowest BCUT2D eigenvalue weighted by Crippen LogP contribution is -1.93. The standard InChI is InChI=1S/C18H36O2.C10H22/c1-2-3-4-5-6-7-8-9-10-11-12-13-14-15-16-17-18(19)20;1-3-5-7-9-10-8-6-4-2/h2-17H2,1H3,(H,19,20);3-10H2,1-2H3. The van der Waals surface area contributed by atoms with Crippen LogP contribution in [0.2, 0.25) is 0 Å². The zero-order chi connectivity index (χ0) is 22.5. The van der Waals surface area contributed by atoms with Gasteiger partial charge in [-0.05, 0) is 6.42 Å². The summed E-state index contributed by atoms with van der Waals surface area (Å²) in [6, 6.07) is 0. The van der Waals surface area contributed by atoms with Crippen molar-refractivity contribution in [2.75, 3.05) is 0 Å². The van der Waals surface area contributed by atoms with E-state index < -0.39 is 5.97 Å². The fourth-order valence-corrected chi connectivity index (χ4v) is 3.85. The summed E-state index contributed by atoms with van der Waals surface area (Å²) in [7, 11) is 0. The molecule has 0 fully saturated rings. The maximum absolute atomic E-state index is 10.3. The van der Waals surface area contributed by atoms with Crippen molar-refractivity contribution in [2.45, 2.75) is 175 Å². The van der Waals surface area contributed by atoms with Gasteiger partial charge in [0.05, 0.1) is 0 Å². The van der Waals surface area contributed by atoms with E-state index in [0.29, 0.717) is 6.42 Å². The molecule has 0 saturated heterocycles. The minimum atomic E-state index is -0.653. The Kier molecular flexibility index (Phi) is 32.4. The Labute approximate surface area is 191 Å². The molecule has 0 aliphatic rings. The second-order valence-corrected chi connectivity index (χ2v) is 9.21. The molecule has 1 N–H and O–H groups in total. The monoisotopic (exact) mass is 426 g/mol. The van der Waals surface area contributed by atoms with Gasteiger partial charge >= 0.3 is 5.97 Å². The van der Waals surface area contributed by atoms with E-state index in [2.05, 4.69) is 20.8 Å². The maximum atomic E-state index is 10.3. The molecule has 0 aliphatic heterocycles. The second-order valence-electron chi connectivity index (χ2n) is 9.21. The van der Waals surface area contributed by atoms with Gasteiger partial charge in [0.25, 0.3) is 0 Å². The highest BCUT2D eigenvalue weighted by atomic mass is 16.4. The van der Waals surface area contributed by atoms with E-state index in [1.54, 1.807) is 0 Å². The number of aliphatic carboxylic acids is 1. The quantitative estimate of drug-likeness (QED) is 0.165. The van der Waals surface area contributed by atoms with Crippen LogP contribution in [0.1, 0.15) is 175 Å². The minimum absolute atomic E-state index is 0.345. The van der Waals surface area contributed by atoms with E-state index in [0.717, 1.165) is 12.8 Å². The topological polar surface area (TPSA) is 37.3 Å². The first-order chi connectivity index (χ1) is 14.7. The van der Waals surface area contributed by atoms with Crippen molar-refractivity contribution in [3.05, 3.63) is 0 Å². The largest absolute Gasteiger partial charge is 0.481 e. The summed E-state index contributed by atoms with van der Waals surface area (Å²) in [4.78, 5) is 10.3. The summed E-state index contributed by atoms with van der Waals surface area (Å²) in [5.41, 5.74) is 0. The summed E-state index contributed by atoms with van der Waals surface area (Å²) in [5.74, 6) is -0.653. The fraction of sp³-hybridized carbons (Fsp3) is 0.964. The number of hydrogen-bond acceptors (Lipinski definition) is 1. The SMILES string of the molecule is CCCCCCCCCC.CCCCCCCCCCCCCCCCCC(=O)O. The molecule has 0 aliphatic carbocycles. The summed E-state index contributed by atoms with van der Waals surface area (Å²) >= 11 is 0. The molecular formula is C28H58O2. The molecule has 2 nitrogen and oxygen atoms in total. The molecule has 0 unspecified atom stereocenters. The van der Waals surface area contributed by atoms with Gasteiger partial charge in [-0.25, -0.2) is 0 Å². The molecule has 0 aromatic heterocycles. The smallest absolute Gasteiger partial charge is 0.303 e. The van der Waals surface area contributed by atoms with E-state index >= 15 is 0 Å². The average molecular weight is 427 g/mol. The molecule has 0 aromatic rings. The molecule has 0 rings (SSSR count). The van der Waals surface area contributed by atoms with E-state index in [4.69, 9.17) is 5.11 Å². The Hall–Kier alpha value is -0.530. The van der Waals surface area contributed by atoms with Crippen LogP contribution < -0.4 is 0 Å². The highest BCUT2D eigenvalue weighted by molar-refractivity contribution is 5.66. The molecule has 0 saturated carbocycles. The van der Waals surface area contributed by atoms with Gasteiger partial charge < -0.3 is 5.11 Å². The van der Waals surface area contributed by atoms with Crippen LogP contribution in [0.4, 0.5) is 0 Å². The first kappa shape index (κ1) is 31.7. The Morgan fingerprint density at radius 1 is 0.400 bits per heavy atom. The van der Waals surface area contributed by atoms with E-state index in [1.807, 2.05) is 0 Å². The van der Waals surface area contributed by atoms with Gasteiger partial charge in [0, 0.05) is 6.42 Å². The minimum Gasteiger partial charge on any atom is -0.481 e. The lowest BCUT2D eigenvalue weighted by molar-refractivity contribution is -0.137. The second kappa shape index (κ2) is 30.7. The van der Waals surface area contributed by atoms with Crippen molar-refractivity contribution in [3.63, 3.8) is 0 Å². The molecule has 0 spiro atoms. The third-order valence-corrected chi connectivity index (χ3v) is 5.95. The van der Waals surface area contributed by atoms with E-state index in [9.17, 15) is 4.79 Å². The number of carbonyl (C=O) groups is 1. The summed E-state index contributed by atoms with van der Waals surface area (Å²) in [5, 5.41) is 8.52. The number of carboxylic acid groups (broad SMARTS) is 1. The molecule has 0 amide bonds. The van der Waals surface area contributed by atoms with Crippen molar-refractivity contribution in [2.24, 2.45) is 0 Å². The van der Waals surface area contributed by atoms with Crippen LogP contribution in [0.3, 0.4) is 0 Å². The predicted octanol–water partition coefficient (Wildman–Crippen LogP) is 10.5. The van der Waals surface area contributed by atoms with Crippen LogP contribution in [0.15, 0.2) is 0 Å². The molecule has 0 bridgehead atoms. The van der Waals surface area contributed by atoms with Crippen molar-refractivity contribution in [1.29, 1.82) is 0 Å². The third kappa shape index (κ3) is 34.9. The van der Waals surface area contributed by atoms with Gasteiger partial charge in [0.1, 0.15) is 0 Å². The van der Waals surface area contributed by atoms with Crippen LogP contribution >= 0.6 is 0 Å². The number of carboxylic acids is 1. The van der Waals surface area contributed by atoms with E-state index in [1.165, 1.54) is 135 Å². The Morgan fingerprint density at radius 2 is 0.600 bits per heavy atom. The zero-order valence-corrected chi connectivity index (χ0v) is 21.3. The highest BCUT2D eigenvalue weighted by Crippen LogP contribution is 2.13. The third-order valence-electron chi connectivity index (χ3n) is 5.95. The van der Waals surface area contributed by atoms with E-state index in [-0.39, 0.29) is 0 Å². The summed E-state index contributed by atoms with van der Waals surface area (Å²) in [6.45, 7) is 6.81. The Bertz CT molecular complexity index is 293. The lowest BCUT2D eigenvalue weighted by Gasteiger charge is -2.03. The van der Waals surface area contributed by atoms with Gasteiger partial charge in [0.2, 0.25) is 0 Å². The number of hydrogen-bond donors (Lipinski definition) is 1. The molecule has 0 aromatic carbocycles. The van der Waals surface area contributed by atoms with Gasteiger partial charge in [-0.1, -0.05) is 162 Å². The van der Waals surface area contributed by atoms with Crippen molar-refractivity contribution in [1.82, 2.24) is 0 Å². The molecule has 0 atom stereocenters. The van der Waals surface area contributed by atoms with Gasteiger partial charge in [-0.2, -0.15) is 0 Å². The molecule has 2 heteroatoms. The van der Waals surface area contributed by atoms with Crippen molar-refractivity contribution < 1.29 is 9.90 Å². The molecule has 182 valence electrons. The van der Waals surface area contributed by atoms with Gasteiger partial charge in [0.15, 0.2) is 0 Å². The maximum Gasteiger partial charge on any atom is 0.303 e. The summed E-state index contributed by atoms with van der Waals surface area (Å²) < 4.78 is 0. The predicted molar refractivity (Wildman–Crippen MR) is 135 cm³/mol.